The number of imidazole rings is 1. The van der Waals surface area contributed by atoms with Gasteiger partial charge in [0.05, 0.1) is 29.7 Å². The molecule has 1 unspecified atom stereocenters. The predicted molar refractivity (Wildman–Crippen MR) is 92.5 cm³/mol. The summed E-state index contributed by atoms with van der Waals surface area (Å²) < 4.78 is 23.3. The summed E-state index contributed by atoms with van der Waals surface area (Å²) in [6.07, 6.45) is 3.81. The zero-order valence-corrected chi connectivity index (χ0v) is 14.2. The molecule has 2 amide bonds. The van der Waals surface area contributed by atoms with Gasteiger partial charge in [0.2, 0.25) is 0 Å². The van der Waals surface area contributed by atoms with Crippen LogP contribution in [0.5, 0.6) is 0 Å². The summed E-state index contributed by atoms with van der Waals surface area (Å²) in [5, 5.41) is 2.86. The average molecular weight is 348 g/mol. The van der Waals surface area contributed by atoms with Gasteiger partial charge in [0.15, 0.2) is 9.84 Å². The van der Waals surface area contributed by atoms with E-state index in [-0.39, 0.29) is 23.6 Å². The van der Waals surface area contributed by atoms with Crippen LogP contribution in [-0.4, -0.2) is 53.4 Å². The first-order chi connectivity index (χ1) is 11.5. The lowest BCUT2D eigenvalue weighted by molar-refractivity contribution is 0.197. The van der Waals surface area contributed by atoms with Crippen LogP contribution in [0, 0.1) is 0 Å². The largest absolute Gasteiger partial charge is 0.345 e. The fraction of sp³-hybridized carbons (Fsp3) is 0.375. The molecule has 1 atom stereocenters. The van der Waals surface area contributed by atoms with E-state index >= 15 is 0 Å². The Bertz CT molecular complexity index is 818. The van der Waals surface area contributed by atoms with Gasteiger partial charge < -0.3 is 15.2 Å². The SMILES string of the molecule is CCN(C(=O)Nc1cccc(-c2cnc[nH]2)c1)C1CCS(=O)(=O)C1. The van der Waals surface area contributed by atoms with Crippen LogP contribution in [0.4, 0.5) is 10.5 Å². The number of benzene rings is 1. The van der Waals surface area contributed by atoms with Gasteiger partial charge in [0, 0.05) is 23.8 Å². The van der Waals surface area contributed by atoms with Gasteiger partial charge in [-0.05, 0) is 25.5 Å². The summed E-state index contributed by atoms with van der Waals surface area (Å²) in [4.78, 5) is 21.1. The second kappa shape index (κ2) is 6.64. The van der Waals surface area contributed by atoms with Crippen LogP contribution in [0.3, 0.4) is 0 Å². The second-order valence-corrected chi connectivity index (χ2v) is 8.05. The topological polar surface area (TPSA) is 95.2 Å². The highest BCUT2D eigenvalue weighted by molar-refractivity contribution is 7.91. The molecule has 0 spiro atoms. The monoisotopic (exact) mass is 348 g/mol. The van der Waals surface area contributed by atoms with E-state index in [1.54, 1.807) is 23.5 Å². The molecule has 8 heteroatoms. The Kier molecular flexibility index (Phi) is 4.57. The van der Waals surface area contributed by atoms with E-state index in [4.69, 9.17) is 0 Å². The second-order valence-electron chi connectivity index (χ2n) is 5.82. The average Bonchev–Trinajstić information content (AvgIpc) is 3.18. The Hall–Kier alpha value is -2.35. The normalized spacial score (nSPS) is 19.1. The molecule has 0 radical (unpaired) electrons. The maximum Gasteiger partial charge on any atom is 0.322 e. The maximum absolute atomic E-state index is 12.5. The van der Waals surface area contributed by atoms with Gasteiger partial charge in [-0.15, -0.1) is 0 Å². The molecule has 1 aliphatic heterocycles. The van der Waals surface area contributed by atoms with Gasteiger partial charge in [-0.1, -0.05) is 12.1 Å². The molecule has 1 saturated heterocycles. The van der Waals surface area contributed by atoms with Gasteiger partial charge in [0.25, 0.3) is 0 Å². The lowest BCUT2D eigenvalue weighted by Gasteiger charge is -2.27. The molecule has 128 valence electrons. The molecular formula is C16H20N4O3S. The molecule has 2 N–H and O–H groups in total. The number of amides is 2. The number of hydrogen-bond acceptors (Lipinski definition) is 4. The Morgan fingerprint density at radius 3 is 2.92 bits per heavy atom. The number of hydrogen-bond donors (Lipinski definition) is 2. The minimum absolute atomic E-state index is 0.0441. The number of nitrogens with one attached hydrogen (secondary N) is 2. The predicted octanol–water partition coefficient (Wildman–Crippen LogP) is 2.12. The number of rotatable bonds is 4. The first-order valence-electron chi connectivity index (χ1n) is 7.85. The number of aromatic nitrogens is 2. The lowest BCUT2D eigenvalue weighted by Crippen LogP contribution is -2.43. The highest BCUT2D eigenvalue weighted by Crippen LogP contribution is 2.22. The van der Waals surface area contributed by atoms with Crippen LogP contribution in [0.1, 0.15) is 13.3 Å². The number of carbonyl (C=O) groups excluding carboxylic acids is 1. The minimum Gasteiger partial charge on any atom is -0.345 e. The van der Waals surface area contributed by atoms with Crippen LogP contribution in [0.15, 0.2) is 36.8 Å². The van der Waals surface area contributed by atoms with Crippen molar-refractivity contribution in [2.24, 2.45) is 0 Å². The summed E-state index contributed by atoms with van der Waals surface area (Å²) >= 11 is 0. The molecule has 0 saturated carbocycles. The Balaban J connectivity index is 1.73. The third kappa shape index (κ3) is 3.59. The van der Waals surface area contributed by atoms with Crippen molar-refractivity contribution >= 4 is 21.6 Å². The zero-order chi connectivity index (χ0) is 17.2. The highest BCUT2D eigenvalue weighted by Gasteiger charge is 2.33. The number of anilines is 1. The quantitative estimate of drug-likeness (QED) is 0.885. The van der Waals surface area contributed by atoms with Crippen LogP contribution >= 0.6 is 0 Å². The summed E-state index contributed by atoms with van der Waals surface area (Å²) in [6.45, 7) is 2.32. The van der Waals surface area contributed by atoms with E-state index in [2.05, 4.69) is 15.3 Å². The van der Waals surface area contributed by atoms with Crippen LogP contribution in [0.2, 0.25) is 0 Å². The van der Waals surface area contributed by atoms with Crippen molar-refractivity contribution in [2.75, 3.05) is 23.4 Å². The van der Waals surface area contributed by atoms with Crippen LogP contribution < -0.4 is 5.32 Å². The summed E-state index contributed by atoms with van der Waals surface area (Å²) in [5.41, 5.74) is 2.43. The van der Waals surface area contributed by atoms with Crippen molar-refractivity contribution in [3.63, 3.8) is 0 Å². The van der Waals surface area contributed by atoms with E-state index < -0.39 is 9.84 Å². The smallest absolute Gasteiger partial charge is 0.322 e. The van der Waals surface area contributed by atoms with Crippen molar-refractivity contribution in [1.29, 1.82) is 0 Å². The molecule has 1 aliphatic rings. The fourth-order valence-electron chi connectivity index (χ4n) is 2.96. The van der Waals surface area contributed by atoms with Crippen LogP contribution in [-0.2, 0) is 9.84 Å². The molecule has 1 fully saturated rings. The number of urea groups is 1. The van der Waals surface area contributed by atoms with Gasteiger partial charge in [-0.2, -0.15) is 0 Å². The minimum atomic E-state index is -3.03. The zero-order valence-electron chi connectivity index (χ0n) is 13.4. The number of nitrogens with zero attached hydrogens (tertiary/aromatic N) is 2. The number of sulfone groups is 1. The first-order valence-corrected chi connectivity index (χ1v) is 9.67. The van der Waals surface area contributed by atoms with E-state index in [0.717, 1.165) is 11.3 Å². The fourth-order valence-corrected chi connectivity index (χ4v) is 4.69. The van der Waals surface area contributed by atoms with E-state index in [1.807, 2.05) is 25.1 Å². The highest BCUT2D eigenvalue weighted by atomic mass is 32.2. The molecule has 7 nitrogen and oxygen atoms in total. The molecule has 1 aromatic heterocycles. The maximum atomic E-state index is 12.5. The molecule has 0 bridgehead atoms. The van der Waals surface area contributed by atoms with Crippen molar-refractivity contribution < 1.29 is 13.2 Å². The molecule has 1 aromatic carbocycles. The summed E-state index contributed by atoms with van der Waals surface area (Å²) in [5.74, 6) is 0.194. The van der Waals surface area contributed by atoms with Gasteiger partial charge >= 0.3 is 6.03 Å². The summed E-state index contributed by atoms with van der Waals surface area (Å²) in [7, 11) is -3.03. The van der Waals surface area contributed by atoms with Crippen molar-refractivity contribution in [3.8, 4) is 11.3 Å². The van der Waals surface area contributed by atoms with Crippen molar-refractivity contribution in [2.45, 2.75) is 19.4 Å². The van der Waals surface area contributed by atoms with E-state index in [9.17, 15) is 13.2 Å². The van der Waals surface area contributed by atoms with Crippen molar-refractivity contribution in [3.05, 3.63) is 36.8 Å². The third-order valence-corrected chi connectivity index (χ3v) is 5.92. The van der Waals surface area contributed by atoms with E-state index in [0.29, 0.717) is 18.7 Å². The van der Waals surface area contributed by atoms with E-state index in [1.165, 1.54) is 0 Å². The molecular weight excluding hydrogens is 328 g/mol. The first kappa shape index (κ1) is 16.5. The molecule has 24 heavy (non-hydrogen) atoms. The summed E-state index contributed by atoms with van der Waals surface area (Å²) in [6, 6.07) is 6.89. The van der Waals surface area contributed by atoms with Gasteiger partial charge in [-0.25, -0.2) is 18.2 Å². The molecule has 0 aliphatic carbocycles. The number of carbonyl (C=O) groups is 1. The van der Waals surface area contributed by atoms with Gasteiger partial charge in [0.1, 0.15) is 0 Å². The number of H-pyrrole nitrogens is 1. The Morgan fingerprint density at radius 2 is 2.29 bits per heavy atom. The molecule has 3 rings (SSSR count). The van der Waals surface area contributed by atoms with Crippen molar-refractivity contribution in [1.82, 2.24) is 14.9 Å². The Morgan fingerprint density at radius 1 is 1.46 bits per heavy atom. The van der Waals surface area contributed by atoms with Crippen LogP contribution in [0.25, 0.3) is 11.3 Å². The third-order valence-electron chi connectivity index (χ3n) is 4.17. The number of aromatic amines is 1. The standard InChI is InChI=1S/C16H20N4O3S/c1-2-20(14-6-7-24(22,23)10-14)16(21)19-13-5-3-4-12(8-13)15-9-17-11-18-15/h3-5,8-9,11,14H,2,6-7,10H2,1H3,(H,17,18)(H,19,21). The molecule has 2 aromatic rings. The lowest BCUT2D eigenvalue weighted by atomic mass is 10.1. The van der Waals surface area contributed by atoms with Gasteiger partial charge in [-0.3, -0.25) is 0 Å². The molecule has 2 heterocycles. The Labute approximate surface area is 141 Å².